The highest BCUT2D eigenvalue weighted by Gasteiger charge is 2.09. The largest absolute Gasteiger partial charge is 0.321 e. The van der Waals surface area contributed by atoms with Crippen LogP contribution in [0.3, 0.4) is 0 Å². The molecule has 0 aliphatic rings. The molecule has 2 aromatic rings. The lowest BCUT2D eigenvalue weighted by molar-refractivity contribution is 1.16. The average Bonchev–Trinajstić information content (AvgIpc) is 2.37. The first kappa shape index (κ1) is 12.7. The molecule has 0 spiro atoms. The number of H-pyrrole nitrogens is 1. The van der Waals surface area contributed by atoms with Crippen molar-refractivity contribution in [3.8, 4) is 17.3 Å². The number of aromatic nitrogens is 1. The van der Waals surface area contributed by atoms with Crippen molar-refractivity contribution in [2.45, 2.75) is 4.90 Å². The maximum atomic E-state index is 11.8. The van der Waals surface area contributed by atoms with Gasteiger partial charge in [0.1, 0.15) is 11.6 Å². The molecule has 0 aliphatic carbocycles. The van der Waals surface area contributed by atoms with Crippen molar-refractivity contribution < 1.29 is 0 Å². The molecule has 0 saturated heterocycles. The van der Waals surface area contributed by atoms with Crippen LogP contribution in [-0.2, 0) is 0 Å². The van der Waals surface area contributed by atoms with Crippen molar-refractivity contribution in [1.29, 1.82) is 5.26 Å². The lowest BCUT2D eigenvalue weighted by Gasteiger charge is -2.05. The zero-order valence-corrected chi connectivity index (χ0v) is 11.1. The third kappa shape index (κ3) is 2.42. The molecule has 1 aromatic heterocycles. The lowest BCUT2D eigenvalue weighted by Crippen LogP contribution is -2.12. The van der Waals surface area contributed by atoms with Gasteiger partial charge < -0.3 is 4.98 Å². The number of thioether (sulfide) groups is 1. The van der Waals surface area contributed by atoms with Gasteiger partial charge in [-0.1, -0.05) is 23.7 Å². The van der Waals surface area contributed by atoms with Crippen molar-refractivity contribution in [3.05, 3.63) is 51.3 Å². The fraction of sp³-hybridized carbons (Fsp3) is 0.0769. The molecule has 18 heavy (non-hydrogen) atoms. The molecule has 1 aromatic carbocycles. The van der Waals surface area contributed by atoms with Gasteiger partial charge in [-0.25, -0.2) is 0 Å². The summed E-state index contributed by atoms with van der Waals surface area (Å²) < 4.78 is 0. The van der Waals surface area contributed by atoms with Crippen LogP contribution in [0.4, 0.5) is 0 Å². The molecule has 3 nitrogen and oxygen atoms in total. The summed E-state index contributed by atoms with van der Waals surface area (Å²) in [6, 6.07) is 10.9. The molecule has 0 atom stereocenters. The SMILES string of the molecule is CSc1cc(-c2cccc(Cl)c2)[nH]c(=O)c1C#N. The molecule has 1 N–H and O–H groups in total. The van der Waals surface area contributed by atoms with Crippen molar-refractivity contribution in [3.63, 3.8) is 0 Å². The quantitative estimate of drug-likeness (QED) is 0.857. The Kier molecular flexibility index (Phi) is 3.75. The van der Waals surface area contributed by atoms with Gasteiger partial charge in [0.25, 0.3) is 5.56 Å². The Balaban J connectivity index is 2.64. The third-order valence-electron chi connectivity index (χ3n) is 2.46. The number of hydrogen-bond acceptors (Lipinski definition) is 3. The molecule has 0 radical (unpaired) electrons. The molecule has 0 saturated carbocycles. The first-order chi connectivity index (χ1) is 8.65. The summed E-state index contributed by atoms with van der Waals surface area (Å²) in [6.07, 6.45) is 1.83. The van der Waals surface area contributed by atoms with E-state index in [4.69, 9.17) is 16.9 Å². The van der Waals surface area contributed by atoms with Gasteiger partial charge in [0.05, 0.1) is 0 Å². The normalized spacial score (nSPS) is 10.1. The summed E-state index contributed by atoms with van der Waals surface area (Å²) in [6.45, 7) is 0. The lowest BCUT2D eigenvalue weighted by atomic mass is 10.1. The predicted octanol–water partition coefficient (Wildman–Crippen LogP) is 3.29. The minimum absolute atomic E-state index is 0.147. The number of aromatic amines is 1. The van der Waals surface area contributed by atoms with Gasteiger partial charge in [-0.05, 0) is 30.0 Å². The van der Waals surface area contributed by atoms with Gasteiger partial charge in [-0.2, -0.15) is 5.26 Å². The third-order valence-corrected chi connectivity index (χ3v) is 3.46. The first-order valence-electron chi connectivity index (χ1n) is 5.13. The van der Waals surface area contributed by atoms with Gasteiger partial charge in [-0.3, -0.25) is 4.79 Å². The smallest absolute Gasteiger partial charge is 0.267 e. The van der Waals surface area contributed by atoms with Crippen LogP contribution in [0.15, 0.2) is 40.0 Å². The topological polar surface area (TPSA) is 56.6 Å². The van der Waals surface area contributed by atoms with Crippen molar-refractivity contribution in [1.82, 2.24) is 4.98 Å². The van der Waals surface area contributed by atoms with Gasteiger partial charge in [0.15, 0.2) is 0 Å². The highest BCUT2D eigenvalue weighted by atomic mass is 35.5. The summed E-state index contributed by atoms with van der Waals surface area (Å²) in [4.78, 5) is 15.1. The standard InChI is InChI=1S/C13H9ClN2OS/c1-18-12-6-11(16-13(17)10(12)7-15)8-3-2-4-9(14)5-8/h2-6H,1H3,(H,16,17). The van der Waals surface area contributed by atoms with E-state index in [1.165, 1.54) is 11.8 Å². The maximum Gasteiger partial charge on any atom is 0.267 e. The average molecular weight is 277 g/mol. The number of nitrogens with zero attached hydrogens (tertiary/aromatic N) is 1. The minimum atomic E-state index is -0.376. The van der Waals surface area contributed by atoms with Crippen LogP contribution in [0.2, 0.25) is 5.02 Å². The van der Waals surface area contributed by atoms with Crippen molar-refractivity contribution in [2.75, 3.05) is 6.26 Å². The highest BCUT2D eigenvalue weighted by Crippen LogP contribution is 2.25. The van der Waals surface area contributed by atoms with Crippen LogP contribution in [-0.4, -0.2) is 11.2 Å². The summed E-state index contributed by atoms with van der Waals surface area (Å²) in [5.41, 5.74) is 1.25. The van der Waals surface area contributed by atoms with Crippen LogP contribution in [0.1, 0.15) is 5.56 Å². The molecule has 0 amide bonds. The van der Waals surface area contributed by atoms with E-state index >= 15 is 0 Å². The second-order valence-electron chi connectivity index (χ2n) is 3.58. The Bertz CT molecular complexity index is 688. The molecular weight excluding hydrogens is 268 g/mol. The highest BCUT2D eigenvalue weighted by molar-refractivity contribution is 7.98. The zero-order valence-electron chi connectivity index (χ0n) is 9.53. The van der Waals surface area contributed by atoms with Gasteiger partial charge in [-0.15, -0.1) is 11.8 Å². The van der Waals surface area contributed by atoms with Gasteiger partial charge in [0.2, 0.25) is 0 Å². The van der Waals surface area contributed by atoms with Crippen LogP contribution in [0.5, 0.6) is 0 Å². The Hall–Kier alpha value is -1.70. The maximum absolute atomic E-state index is 11.8. The molecule has 5 heteroatoms. The summed E-state index contributed by atoms with van der Waals surface area (Å²) in [5, 5.41) is 9.53. The zero-order chi connectivity index (χ0) is 13.1. The van der Waals surface area contributed by atoms with Crippen molar-refractivity contribution >= 4 is 23.4 Å². The Morgan fingerprint density at radius 2 is 2.17 bits per heavy atom. The second kappa shape index (κ2) is 5.30. The molecule has 0 bridgehead atoms. The fourth-order valence-electron chi connectivity index (χ4n) is 1.61. The number of hydrogen-bond donors (Lipinski definition) is 1. The van der Waals surface area contributed by atoms with E-state index in [1.807, 2.05) is 24.5 Å². The van der Waals surface area contributed by atoms with E-state index in [9.17, 15) is 4.79 Å². The van der Waals surface area contributed by atoms with E-state index in [1.54, 1.807) is 18.2 Å². The molecule has 0 unspecified atom stereocenters. The molecule has 0 fully saturated rings. The number of benzene rings is 1. The van der Waals surface area contributed by atoms with E-state index < -0.39 is 0 Å². The second-order valence-corrected chi connectivity index (χ2v) is 4.86. The fourth-order valence-corrected chi connectivity index (χ4v) is 2.38. The molecular formula is C13H9ClN2OS. The molecule has 0 aliphatic heterocycles. The minimum Gasteiger partial charge on any atom is -0.321 e. The van der Waals surface area contributed by atoms with E-state index in [2.05, 4.69) is 4.98 Å². The van der Waals surface area contributed by atoms with Crippen LogP contribution < -0.4 is 5.56 Å². The Morgan fingerprint density at radius 1 is 1.39 bits per heavy atom. The summed E-state index contributed by atoms with van der Waals surface area (Å²) in [5.74, 6) is 0. The van der Waals surface area contributed by atoms with Crippen molar-refractivity contribution in [2.24, 2.45) is 0 Å². The number of halogens is 1. The molecule has 1 heterocycles. The number of rotatable bonds is 2. The number of pyridine rings is 1. The van der Waals surface area contributed by atoms with Crippen LogP contribution in [0, 0.1) is 11.3 Å². The number of nitrogens with one attached hydrogen (secondary N) is 1. The number of nitriles is 1. The first-order valence-corrected chi connectivity index (χ1v) is 6.73. The van der Waals surface area contributed by atoms with E-state index in [0.29, 0.717) is 15.6 Å². The predicted molar refractivity (Wildman–Crippen MR) is 74.0 cm³/mol. The van der Waals surface area contributed by atoms with E-state index in [-0.39, 0.29) is 11.1 Å². The Labute approximate surface area is 113 Å². The van der Waals surface area contributed by atoms with Gasteiger partial charge in [0, 0.05) is 15.6 Å². The van der Waals surface area contributed by atoms with Crippen LogP contribution >= 0.6 is 23.4 Å². The Morgan fingerprint density at radius 3 is 2.78 bits per heavy atom. The monoisotopic (exact) mass is 276 g/mol. The molecule has 90 valence electrons. The molecule has 2 rings (SSSR count). The van der Waals surface area contributed by atoms with E-state index in [0.717, 1.165) is 5.56 Å². The van der Waals surface area contributed by atoms with Crippen LogP contribution in [0.25, 0.3) is 11.3 Å². The van der Waals surface area contributed by atoms with Gasteiger partial charge >= 0.3 is 0 Å². The summed E-state index contributed by atoms with van der Waals surface area (Å²) >= 11 is 7.29. The summed E-state index contributed by atoms with van der Waals surface area (Å²) in [7, 11) is 0.